The fraction of sp³-hybridized carbons (Fsp3) is 0.923. The van der Waals surface area contributed by atoms with Crippen molar-refractivity contribution >= 4 is 18.5 Å². The summed E-state index contributed by atoms with van der Waals surface area (Å²) in [6.07, 6.45) is -0.195. The molecule has 1 heterocycles. The van der Waals surface area contributed by atoms with Gasteiger partial charge in [0.15, 0.2) is 0 Å². The molecule has 0 saturated carbocycles. The Labute approximate surface area is 117 Å². The lowest BCUT2D eigenvalue weighted by molar-refractivity contribution is -0.00361. The lowest BCUT2D eigenvalue weighted by Gasteiger charge is -2.43. The van der Waals surface area contributed by atoms with Gasteiger partial charge in [-0.1, -0.05) is 20.8 Å². The van der Waals surface area contributed by atoms with Crippen LogP contribution in [-0.4, -0.2) is 42.3 Å². The molecule has 1 aliphatic rings. The van der Waals surface area contributed by atoms with Crippen molar-refractivity contribution in [3.63, 3.8) is 0 Å². The molecule has 1 fully saturated rings. The van der Waals surface area contributed by atoms with E-state index in [1.54, 1.807) is 0 Å². The lowest BCUT2D eigenvalue weighted by atomic mass is 9.85. The molecule has 0 radical (unpaired) electrons. The summed E-state index contributed by atoms with van der Waals surface area (Å²) in [5.41, 5.74) is -0.366. The molecule has 0 aliphatic carbocycles. The number of hydrogen-bond acceptors (Lipinski definition) is 3. The first kappa shape index (κ1) is 17.5. The highest BCUT2D eigenvalue weighted by Gasteiger charge is 2.37. The minimum atomic E-state index is -0.426. The van der Waals surface area contributed by atoms with Crippen molar-refractivity contribution in [2.45, 2.75) is 53.2 Å². The van der Waals surface area contributed by atoms with Gasteiger partial charge in [0.2, 0.25) is 0 Å². The van der Waals surface area contributed by atoms with Crippen molar-refractivity contribution in [1.82, 2.24) is 10.2 Å². The van der Waals surface area contributed by atoms with Gasteiger partial charge in [-0.05, 0) is 26.2 Å². The zero-order valence-electron chi connectivity index (χ0n) is 12.4. The number of nitrogens with zero attached hydrogens (tertiary/aromatic N) is 1. The Morgan fingerprint density at radius 1 is 1.22 bits per heavy atom. The van der Waals surface area contributed by atoms with Gasteiger partial charge in [-0.15, -0.1) is 12.4 Å². The number of carbonyl (C=O) groups excluding carboxylic acids is 1. The van der Waals surface area contributed by atoms with Gasteiger partial charge in [0.25, 0.3) is 0 Å². The van der Waals surface area contributed by atoms with E-state index < -0.39 is 5.60 Å². The lowest BCUT2D eigenvalue weighted by Crippen LogP contribution is -2.59. The molecule has 1 rings (SSSR count). The highest BCUT2D eigenvalue weighted by molar-refractivity contribution is 5.85. The van der Waals surface area contributed by atoms with Gasteiger partial charge in [0.05, 0.1) is 6.04 Å². The monoisotopic (exact) mass is 278 g/mol. The fourth-order valence-corrected chi connectivity index (χ4v) is 2.02. The summed E-state index contributed by atoms with van der Waals surface area (Å²) >= 11 is 0. The van der Waals surface area contributed by atoms with E-state index in [1.165, 1.54) is 0 Å². The van der Waals surface area contributed by atoms with E-state index in [0.717, 1.165) is 19.6 Å². The van der Waals surface area contributed by atoms with Crippen LogP contribution in [0.4, 0.5) is 4.79 Å². The molecule has 1 amide bonds. The largest absolute Gasteiger partial charge is 0.444 e. The number of rotatable bonds is 0. The van der Waals surface area contributed by atoms with E-state index in [1.807, 2.05) is 25.7 Å². The molecule has 0 aromatic carbocycles. The highest BCUT2D eigenvalue weighted by Crippen LogP contribution is 2.26. The van der Waals surface area contributed by atoms with E-state index in [-0.39, 0.29) is 30.0 Å². The molecular formula is C13H27ClN2O2. The summed E-state index contributed by atoms with van der Waals surface area (Å²) in [5, 5.41) is 3.34. The van der Waals surface area contributed by atoms with Crippen LogP contribution in [0.15, 0.2) is 0 Å². The van der Waals surface area contributed by atoms with Crippen LogP contribution in [0.2, 0.25) is 0 Å². The molecule has 1 atom stereocenters. The van der Waals surface area contributed by atoms with Crippen molar-refractivity contribution in [1.29, 1.82) is 0 Å². The van der Waals surface area contributed by atoms with Crippen LogP contribution in [0.5, 0.6) is 0 Å². The van der Waals surface area contributed by atoms with Crippen LogP contribution in [-0.2, 0) is 4.74 Å². The maximum Gasteiger partial charge on any atom is 0.410 e. The minimum Gasteiger partial charge on any atom is -0.444 e. The van der Waals surface area contributed by atoms with Gasteiger partial charge in [0, 0.05) is 19.6 Å². The predicted molar refractivity (Wildman–Crippen MR) is 76.3 cm³/mol. The number of amides is 1. The van der Waals surface area contributed by atoms with E-state index >= 15 is 0 Å². The molecule has 0 spiro atoms. The van der Waals surface area contributed by atoms with Crippen LogP contribution in [0, 0.1) is 5.41 Å². The number of ether oxygens (including phenoxy) is 1. The number of carbonyl (C=O) groups is 1. The number of nitrogens with one attached hydrogen (secondary N) is 1. The van der Waals surface area contributed by atoms with Crippen molar-refractivity contribution in [3.8, 4) is 0 Å². The topological polar surface area (TPSA) is 41.6 Å². The van der Waals surface area contributed by atoms with Gasteiger partial charge < -0.3 is 15.0 Å². The SMILES string of the molecule is CC(C)(C)OC(=O)N1CCNC[C@@H]1C(C)(C)C.Cl. The number of halogens is 1. The number of piperazine rings is 1. The first-order valence-electron chi connectivity index (χ1n) is 6.31. The molecule has 108 valence electrons. The van der Waals surface area contributed by atoms with Gasteiger partial charge >= 0.3 is 6.09 Å². The molecule has 1 saturated heterocycles. The first-order chi connectivity index (χ1) is 7.61. The molecule has 1 aliphatic heterocycles. The van der Waals surface area contributed by atoms with Gasteiger partial charge in [-0.25, -0.2) is 4.79 Å². The zero-order valence-corrected chi connectivity index (χ0v) is 13.2. The molecule has 0 aromatic rings. The Balaban J connectivity index is 0.00000289. The molecule has 1 N–H and O–H groups in total. The normalized spacial score (nSPS) is 21.2. The van der Waals surface area contributed by atoms with Gasteiger partial charge in [-0.2, -0.15) is 0 Å². The van der Waals surface area contributed by atoms with E-state index in [4.69, 9.17) is 4.74 Å². The Kier molecular flexibility index (Phi) is 5.95. The Hall–Kier alpha value is -0.480. The second-order valence-electron chi connectivity index (χ2n) is 6.76. The molecule has 18 heavy (non-hydrogen) atoms. The molecule has 5 heteroatoms. The summed E-state index contributed by atoms with van der Waals surface area (Å²) < 4.78 is 5.46. The van der Waals surface area contributed by atoms with Gasteiger partial charge in [0.1, 0.15) is 5.60 Å². The summed E-state index contributed by atoms with van der Waals surface area (Å²) in [6, 6.07) is 0.186. The zero-order chi connectivity index (χ0) is 13.3. The van der Waals surface area contributed by atoms with Crippen LogP contribution < -0.4 is 5.32 Å². The third-order valence-corrected chi connectivity index (χ3v) is 2.87. The van der Waals surface area contributed by atoms with Crippen molar-refractivity contribution in [3.05, 3.63) is 0 Å². The maximum atomic E-state index is 12.1. The summed E-state index contributed by atoms with van der Waals surface area (Å²) in [5.74, 6) is 0. The van der Waals surface area contributed by atoms with Crippen molar-refractivity contribution in [2.24, 2.45) is 5.41 Å². The quantitative estimate of drug-likeness (QED) is 0.741. The maximum absolute atomic E-state index is 12.1. The third kappa shape index (κ3) is 5.02. The second-order valence-corrected chi connectivity index (χ2v) is 6.76. The standard InChI is InChI=1S/C13H26N2O2.ClH/c1-12(2,3)10-9-14-7-8-15(10)11(16)17-13(4,5)6;/h10,14H,7-9H2,1-6H3;1H/t10-;/m1./s1. The third-order valence-electron chi connectivity index (χ3n) is 2.87. The first-order valence-corrected chi connectivity index (χ1v) is 6.31. The molecular weight excluding hydrogens is 252 g/mol. The Bertz CT molecular complexity index is 282. The smallest absolute Gasteiger partial charge is 0.410 e. The minimum absolute atomic E-state index is 0. The van der Waals surface area contributed by atoms with Crippen molar-refractivity contribution < 1.29 is 9.53 Å². The van der Waals surface area contributed by atoms with Crippen LogP contribution in [0.25, 0.3) is 0 Å². The fourth-order valence-electron chi connectivity index (χ4n) is 2.02. The van der Waals surface area contributed by atoms with Crippen LogP contribution in [0.1, 0.15) is 41.5 Å². The van der Waals surface area contributed by atoms with Gasteiger partial charge in [-0.3, -0.25) is 0 Å². The van der Waals surface area contributed by atoms with E-state index in [9.17, 15) is 4.79 Å². The van der Waals surface area contributed by atoms with Crippen LogP contribution >= 0.6 is 12.4 Å². The summed E-state index contributed by atoms with van der Waals surface area (Å²) in [6.45, 7) is 14.6. The van der Waals surface area contributed by atoms with E-state index in [0.29, 0.717) is 0 Å². The molecule has 0 unspecified atom stereocenters. The highest BCUT2D eigenvalue weighted by atomic mass is 35.5. The summed E-state index contributed by atoms with van der Waals surface area (Å²) in [4.78, 5) is 14.0. The average Bonchev–Trinajstić information content (AvgIpc) is 2.13. The predicted octanol–water partition coefficient (Wildman–Crippen LogP) is 2.66. The van der Waals surface area contributed by atoms with Crippen molar-refractivity contribution in [2.75, 3.05) is 19.6 Å². The van der Waals surface area contributed by atoms with E-state index in [2.05, 4.69) is 26.1 Å². The Morgan fingerprint density at radius 3 is 2.22 bits per heavy atom. The number of hydrogen-bond donors (Lipinski definition) is 1. The molecule has 0 aromatic heterocycles. The summed E-state index contributed by atoms with van der Waals surface area (Å²) in [7, 11) is 0. The molecule has 0 bridgehead atoms. The Morgan fingerprint density at radius 2 is 1.78 bits per heavy atom. The average molecular weight is 279 g/mol. The second kappa shape index (κ2) is 6.11. The van der Waals surface area contributed by atoms with Crippen LogP contribution in [0.3, 0.4) is 0 Å². The molecule has 4 nitrogen and oxygen atoms in total.